The first-order chi connectivity index (χ1) is 9.54. The van der Waals surface area contributed by atoms with Gasteiger partial charge in [-0.15, -0.1) is 0 Å². The summed E-state index contributed by atoms with van der Waals surface area (Å²) in [6.45, 7) is 7.29. The summed E-state index contributed by atoms with van der Waals surface area (Å²) in [6.07, 6.45) is 1.70. The average Bonchev–Trinajstić information content (AvgIpc) is 2.82. The van der Waals surface area contributed by atoms with Crippen LogP contribution in [0.3, 0.4) is 0 Å². The third-order valence-electron chi connectivity index (χ3n) is 3.70. The Morgan fingerprint density at radius 2 is 2.05 bits per heavy atom. The van der Waals surface area contributed by atoms with Gasteiger partial charge in [0.1, 0.15) is 5.75 Å². The van der Waals surface area contributed by atoms with Gasteiger partial charge in [-0.05, 0) is 56.5 Å². The topological polar surface area (TPSA) is 49.8 Å². The summed E-state index contributed by atoms with van der Waals surface area (Å²) in [5.74, 6) is 0.0710. The van der Waals surface area contributed by atoms with Crippen LogP contribution in [0.2, 0.25) is 0 Å². The second-order valence-electron chi connectivity index (χ2n) is 5.65. The predicted octanol–water partition coefficient (Wildman–Crippen LogP) is 2.48. The number of hydrogen-bond donors (Lipinski definition) is 1. The third-order valence-corrected chi connectivity index (χ3v) is 3.70. The summed E-state index contributed by atoms with van der Waals surface area (Å²) in [5.41, 5.74) is 2.42. The van der Waals surface area contributed by atoms with Crippen molar-refractivity contribution in [3.63, 3.8) is 0 Å². The second kappa shape index (κ2) is 6.75. The van der Waals surface area contributed by atoms with Crippen LogP contribution in [0.1, 0.15) is 24.0 Å². The number of aryl methyl sites for hydroxylation is 2. The number of hydrogen-bond acceptors (Lipinski definition) is 3. The lowest BCUT2D eigenvalue weighted by Crippen LogP contribution is -2.25. The van der Waals surface area contributed by atoms with Crippen molar-refractivity contribution in [1.82, 2.24) is 4.90 Å². The summed E-state index contributed by atoms with van der Waals surface area (Å²) < 4.78 is 5.76. The highest BCUT2D eigenvalue weighted by molar-refractivity contribution is 5.70. The molecule has 4 nitrogen and oxygen atoms in total. The summed E-state index contributed by atoms with van der Waals surface area (Å²) in [4.78, 5) is 13.1. The van der Waals surface area contributed by atoms with E-state index >= 15 is 0 Å². The molecule has 1 aliphatic rings. The second-order valence-corrected chi connectivity index (χ2v) is 5.65. The quantitative estimate of drug-likeness (QED) is 0.812. The SMILES string of the molecule is Cc1cc(C)cc(OCCCN2CC[C@H](C(=O)O)C2)c1. The molecule has 1 aromatic carbocycles. The summed E-state index contributed by atoms with van der Waals surface area (Å²) in [5, 5.41) is 8.95. The Balaban J connectivity index is 1.68. The van der Waals surface area contributed by atoms with Gasteiger partial charge in [-0.1, -0.05) is 6.07 Å². The zero-order valence-corrected chi connectivity index (χ0v) is 12.3. The Kier molecular flexibility index (Phi) is 5.01. The number of rotatable bonds is 6. The highest BCUT2D eigenvalue weighted by atomic mass is 16.5. The monoisotopic (exact) mass is 277 g/mol. The third kappa shape index (κ3) is 4.23. The van der Waals surface area contributed by atoms with Crippen LogP contribution in [-0.4, -0.2) is 42.2 Å². The Labute approximate surface area is 120 Å². The molecule has 110 valence electrons. The molecule has 0 saturated carbocycles. The van der Waals surface area contributed by atoms with Crippen molar-refractivity contribution in [2.75, 3.05) is 26.2 Å². The van der Waals surface area contributed by atoms with E-state index in [9.17, 15) is 4.79 Å². The van der Waals surface area contributed by atoms with E-state index in [-0.39, 0.29) is 5.92 Å². The van der Waals surface area contributed by atoms with Crippen LogP contribution in [0.25, 0.3) is 0 Å². The van der Waals surface area contributed by atoms with E-state index in [1.807, 2.05) is 12.1 Å². The molecule has 20 heavy (non-hydrogen) atoms. The molecule has 0 amide bonds. The van der Waals surface area contributed by atoms with Gasteiger partial charge in [0.05, 0.1) is 12.5 Å². The van der Waals surface area contributed by atoms with E-state index in [4.69, 9.17) is 9.84 Å². The summed E-state index contributed by atoms with van der Waals surface area (Å²) in [6, 6.07) is 6.22. The van der Waals surface area contributed by atoms with Crippen LogP contribution in [0.15, 0.2) is 18.2 Å². The Morgan fingerprint density at radius 3 is 2.65 bits per heavy atom. The van der Waals surface area contributed by atoms with Crippen LogP contribution in [0.4, 0.5) is 0 Å². The highest BCUT2D eigenvalue weighted by Gasteiger charge is 2.27. The molecular formula is C16H23NO3. The fourth-order valence-electron chi connectivity index (χ4n) is 2.73. The van der Waals surface area contributed by atoms with Crippen LogP contribution in [0, 0.1) is 19.8 Å². The first-order valence-electron chi connectivity index (χ1n) is 7.21. The lowest BCUT2D eigenvalue weighted by atomic mass is 10.1. The van der Waals surface area contributed by atoms with Gasteiger partial charge in [0.15, 0.2) is 0 Å². The number of benzene rings is 1. The van der Waals surface area contributed by atoms with Crippen LogP contribution >= 0.6 is 0 Å². The van der Waals surface area contributed by atoms with Crippen LogP contribution < -0.4 is 4.74 Å². The molecule has 0 unspecified atom stereocenters. The molecule has 1 aliphatic heterocycles. The molecule has 1 saturated heterocycles. The minimum absolute atomic E-state index is 0.185. The predicted molar refractivity (Wildman–Crippen MR) is 78.2 cm³/mol. The maximum absolute atomic E-state index is 10.9. The van der Waals surface area contributed by atoms with Crippen LogP contribution in [0.5, 0.6) is 5.75 Å². The van der Waals surface area contributed by atoms with Crippen molar-refractivity contribution in [3.05, 3.63) is 29.3 Å². The van der Waals surface area contributed by atoms with Crippen molar-refractivity contribution < 1.29 is 14.6 Å². The molecule has 0 bridgehead atoms. The number of aliphatic carboxylic acids is 1. The minimum atomic E-state index is -0.668. The number of carboxylic acid groups (broad SMARTS) is 1. The van der Waals surface area contributed by atoms with Gasteiger partial charge in [-0.3, -0.25) is 4.79 Å². The van der Waals surface area contributed by atoms with Crippen molar-refractivity contribution in [2.24, 2.45) is 5.92 Å². The first kappa shape index (κ1) is 14.9. The van der Waals surface area contributed by atoms with Gasteiger partial charge < -0.3 is 14.7 Å². The molecule has 4 heteroatoms. The van der Waals surface area contributed by atoms with Crippen molar-refractivity contribution >= 4 is 5.97 Å². The number of ether oxygens (including phenoxy) is 1. The Morgan fingerprint density at radius 1 is 1.35 bits per heavy atom. The van der Waals surface area contributed by atoms with E-state index in [0.29, 0.717) is 13.2 Å². The fraction of sp³-hybridized carbons (Fsp3) is 0.562. The maximum atomic E-state index is 10.9. The van der Waals surface area contributed by atoms with Crippen molar-refractivity contribution in [1.29, 1.82) is 0 Å². The molecule has 0 aliphatic carbocycles. The maximum Gasteiger partial charge on any atom is 0.307 e. The molecule has 1 heterocycles. The van der Waals surface area contributed by atoms with E-state index in [2.05, 4.69) is 24.8 Å². The number of carbonyl (C=O) groups is 1. The van der Waals surface area contributed by atoms with Crippen molar-refractivity contribution in [3.8, 4) is 5.75 Å². The number of likely N-dealkylation sites (tertiary alicyclic amines) is 1. The number of nitrogens with zero attached hydrogens (tertiary/aromatic N) is 1. The average molecular weight is 277 g/mol. The molecular weight excluding hydrogens is 254 g/mol. The lowest BCUT2D eigenvalue weighted by molar-refractivity contribution is -0.141. The largest absolute Gasteiger partial charge is 0.494 e. The number of carboxylic acids is 1. The van der Waals surface area contributed by atoms with Gasteiger partial charge in [-0.25, -0.2) is 0 Å². The lowest BCUT2D eigenvalue weighted by Gasteiger charge is -2.15. The van der Waals surface area contributed by atoms with Gasteiger partial charge in [0, 0.05) is 13.1 Å². The Hall–Kier alpha value is -1.55. The standard InChI is InChI=1S/C16H23NO3/c1-12-8-13(2)10-15(9-12)20-7-3-5-17-6-4-14(11-17)16(18)19/h8-10,14H,3-7,11H2,1-2H3,(H,18,19)/t14-/m0/s1. The first-order valence-corrected chi connectivity index (χ1v) is 7.21. The van der Waals surface area contributed by atoms with Crippen LogP contribution in [-0.2, 0) is 4.79 Å². The van der Waals surface area contributed by atoms with Gasteiger partial charge in [-0.2, -0.15) is 0 Å². The molecule has 1 fully saturated rings. The van der Waals surface area contributed by atoms with E-state index in [0.717, 1.165) is 31.7 Å². The summed E-state index contributed by atoms with van der Waals surface area (Å²) >= 11 is 0. The highest BCUT2D eigenvalue weighted by Crippen LogP contribution is 2.18. The molecule has 0 aromatic heterocycles. The zero-order valence-electron chi connectivity index (χ0n) is 12.3. The normalized spacial score (nSPS) is 19.2. The molecule has 1 N–H and O–H groups in total. The zero-order chi connectivity index (χ0) is 14.5. The van der Waals surface area contributed by atoms with Gasteiger partial charge in [0.25, 0.3) is 0 Å². The van der Waals surface area contributed by atoms with E-state index in [1.165, 1.54) is 11.1 Å². The smallest absolute Gasteiger partial charge is 0.307 e. The molecule has 0 radical (unpaired) electrons. The minimum Gasteiger partial charge on any atom is -0.494 e. The molecule has 1 atom stereocenters. The van der Waals surface area contributed by atoms with E-state index < -0.39 is 5.97 Å². The van der Waals surface area contributed by atoms with E-state index in [1.54, 1.807) is 0 Å². The van der Waals surface area contributed by atoms with Crippen molar-refractivity contribution in [2.45, 2.75) is 26.7 Å². The fourth-order valence-corrected chi connectivity index (χ4v) is 2.73. The molecule has 2 rings (SSSR count). The Bertz CT molecular complexity index is 453. The molecule has 1 aromatic rings. The van der Waals surface area contributed by atoms with Gasteiger partial charge in [0.2, 0.25) is 0 Å². The summed E-state index contributed by atoms with van der Waals surface area (Å²) in [7, 11) is 0. The van der Waals surface area contributed by atoms with Gasteiger partial charge >= 0.3 is 5.97 Å². The molecule has 0 spiro atoms.